The molecule has 0 unspecified atom stereocenters. The number of rotatable bonds is 4. The molecule has 0 aromatic carbocycles. The lowest BCUT2D eigenvalue weighted by molar-refractivity contribution is 0.122. The molecule has 5 nitrogen and oxygen atoms in total. The fourth-order valence-corrected chi connectivity index (χ4v) is 2.60. The van der Waals surface area contributed by atoms with Crippen LogP contribution in [0, 0.1) is 5.82 Å². The third kappa shape index (κ3) is 3.72. The van der Waals surface area contributed by atoms with Crippen molar-refractivity contribution < 1.29 is 9.13 Å². The highest BCUT2D eigenvalue weighted by Gasteiger charge is 2.16. The van der Waals surface area contributed by atoms with E-state index < -0.39 is 0 Å². The fourth-order valence-electron chi connectivity index (χ4n) is 2.27. The smallest absolute Gasteiger partial charge is 0.166 e. The zero-order valence-corrected chi connectivity index (χ0v) is 13.5. The molecule has 0 aliphatic carbocycles. The summed E-state index contributed by atoms with van der Waals surface area (Å²) in [5.41, 5.74) is 0.774. The molecule has 1 aliphatic rings. The second-order valence-electron chi connectivity index (χ2n) is 4.96. The Balaban J connectivity index is 1.66. The average molecular weight is 367 g/mol. The summed E-state index contributed by atoms with van der Waals surface area (Å²) in [6, 6.07) is 5.23. The van der Waals surface area contributed by atoms with Gasteiger partial charge in [-0.2, -0.15) is 0 Å². The van der Waals surface area contributed by atoms with Gasteiger partial charge < -0.3 is 15.0 Å². The predicted molar refractivity (Wildman–Crippen MR) is 86.5 cm³/mol. The van der Waals surface area contributed by atoms with Crippen molar-refractivity contribution in [3.63, 3.8) is 0 Å². The van der Waals surface area contributed by atoms with Crippen molar-refractivity contribution in [3.05, 3.63) is 46.4 Å². The number of nitrogens with one attached hydrogen (secondary N) is 1. The standard InChI is InChI=1S/C15H16BrFN4O/c16-12-1-2-18-14(8-12)19-9-11-7-13(17)15(20-10-11)21-3-5-22-6-4-21/h1-2,7-8,10H,3-6,9H2,(H,18,19). The number of hydrogen-bond acceptors (Lipinski definition) is 5. The van der Waals surface area contributed by atoms with Crippen molar-refractivity contribution >= 4 is 27.6 Å². The first-order valence-corrected chi connectivity index (χ1v) is 7.84. The summed E-state index contributed by atoms with van der Waals surface area (Å²) in [7, 11) is 0. The van der Waals surface area contributed by atoms with Crippen LogP contribution in [0.1, 0.15) is 5.56 Å². The number of aromatic nitrogens is 2. The van der Waals surface area contributed by atoms with Crippen LogP contribution < -0.4 is 10.2 Å². The molecule has 0 radical (unpaired) electrons. The minimum atomic E-state index is -0.302. The zero-order valence-electron chi connectivity index (χ0n) is 11.9. The molecule has 3 rings (SSSR count). The summed E-state index contributed by atoms with van der Waals surface area (Å²) in [6.07, 6.45) is 3.39. The Bertz CT molecular complexity index is 649. The highest BCUT2D eigenvalue weighted by molar-refractivity contribution is 9.10. The summed E-state index contributed by atoms with van der Waals surface area (Å²) >= 11 is 3.39. The molecule has 2 aromatic heterocycles. The number of ether oxygens (including phenoxy) is 1. The molecule has 0 saturated carbocycles. The van der Waals surface area contributed by atoms with Crippen molar-refractivity contribution in [1.82, 2.24) is 9.97 Å². The average Bonchev–Trinajstić information content (AvgIpc) is 2.54. The number of hydrogen-bond donors (Lipinski definition) is 1. The normalized spacial score (nSPS) is 14.9. The third-order valence-electron chi connectivity index (χ3n) is 3.38. The molecular weight excluding hydrogens is 351 g/mol. The predicted octanol–water partition coefficient (Wildman–Crippen LogP) is 2.83. The van der Waals surface area contributed by atoms with E-state index in [-0.39, 0.29) is 5.82 Å². The lowest BCUT2D eigenvalue weighted by Crippen LogP contribution is -2.37. The largest absolute Gasteiger partial charge is 0.378 e. The van der Waals surface area contributed by atoms with Crippen LogP contribution in [0.3, 0.4) is 0 Å². The van der Waals surface area contributed by atoms with E-state index in [4.69, 9.17) is 4.74 Å². The first-order valence-electron chi connectivity index (χ1n) is 7.05. The number of halogens is 2. The van der Waals surface area contributed by atoms with Gasteiger partial charge in [0.2, 0.25) is 0 Å². The van der Waals surface area contributed by atoms with Gasteiger partial charge >= 0.3 is 0 Å². The van der Waals surface area contributed by atoms with Crippen molar-refractivity contribution in [3.8, 4) is 0 Å². The first-order chi connectivity index (χ1) is 10.7. The summed E-state index contributed by atoms with van der Waals surface area (Å²) in [6.45, 7) is 3.03. The highest BCUT2D eigenvalue weighted by Crippen LogP contribution is 2.19. The molecule has 0 spiro atoms. The highest BCUT2D eigenvalue weighted by atomic mass is 79.9. The molecule has 0 amide bonds. The van der Waals surface area contributed by atoms with Gasteiger partial charge in [0, 0.05) is 36.5 Å². The van der Waals surface area contributed by atoms with E-state index in [0.29, 0.717) is 38.7 Å². The minimum Gasteiger partial charge on any atom is -0.378 e. The monoisotopic (exact) mass is 366 g/mol. The van der Waals surface area contributed by atoms with Gasteiger partial charge in [-0.25, -0.2) is 14.4 Å². The summed E-state index contributed by atoms with van der Waals surface area (Å²) in [4.78, 5) is 10.4. The molecule has 0 atom stereocenters. The van der Waals surface area contributed by atoms with E-state index in [1.807, 2.05) is 17.0 Å². The molecule has 7 heteroatoms. The Kier molecular flexibility index (Phi) is 4.84. The van der Waals surface area contributed by atoms with Gasteiger partial charge in [-0.3, -0.25) is 0 Å². The van der Waals surface area contributed by atoms with Crippen LogP contribution in [0.5, 0.6) is 0 Å². The minimum absolute atomic E-state index is 0.302. The fraction of sp³-hybridized carbons (Fsp3) is 0.333. The summed E-state index contributed by atoms with van der Waals surface area (Å²) in [5.74, 6) is 0.822. The summed E-state index contributed by atoms with van der Waals surface area (Å²) < 4.78 is 20.4. The van der Waals surface area contributed by atoms with Crippen molar-refractivity contribution in [2.75, 3.05) is 36.5 Å². The van der Waals surface area contributed by atoms with Crippen molar-refractivity contribution in [2.45, 2.75) is 6.54 Å². The van der Waals surface area contributed by atoms with Crippen LogP contribution >= 0.6 is 15.9 Å². The molecule has 22 heavy (non-hydrogen) atoms. The van der Waals surface area contributed by atoms with Crippen LogP contribution in [0.4, 0.5) is 16.0 Å². The molecule has 1 aliphatic heterocycles. The van der Waals surface area contributed by atoms with Gasteiger partial charge in [0.15, 0.2) is 11.6 Å². The maximum absolute atomic E-state index is 14.2. The third-order valence-corrected chi connectivity index (χ3v) is 3.88. The van der Waals surface area contributed by atoms with Gasteiger partial charge in [-0.15, -0.1) is 0 Å². The lowest BCUT2D eigenvalue weighted by Gasteiger charge is -2.28. The molecule has 1 fully saturated rings. The maximum atomic E-state index is 14.2. The zero-order chi connectivity index (χ0) is 15.4. The summed E-state index contributed by atoms with van der Waals surface area (Å²) in [5, 5.41) is 3.15. The quantitative estimate of drug-likeness (QED) is 0.901. The Morgan fingerprint density at radius 2 is 2.09 bits per heavy atom. The second-order valence-corrected chi connectivity index (χ2v) is 5.88. The van der Waals surface area contributed by atoms with E-state index in [1.54, 1.807) is 12.4 Å². The number of pyridine rings is 2. The molecular formula is C15H16BrFN4O. The van der Waals surface area contributed by atoms with E-state index >= 15 is 0 Å². The van der Waals surface area contributed by atoms with Gasteiger partial charge in [-0.05, 0) is 23.8 Å². The number of anilines is 2. The van der Waals surface area contributed by atoms with E-state index in [0.717, 1.165) is 15.9 Å². The molecule has 3 heterocycles. The van der Waals surface area contributed by atoms with Gasteiger partial charge in [0.25, 0.3) is 0 Å². The Morgan fingerprint density at radius 1 is 1.27 bits per heavy atom. The molecule has 2 aromatic rings. The topological polar surface area (TPSA) is 50.3 Å². The van der Waals surface area contributed by atoms with Gasteiger partial charge in [0.1, 0.15) is 5.82 Å². The second kappa shape index (κ2) is 7.02. The molecule has 1 saturated heterocycles. The van der Waals surface area contributed by atoms with Gasteiger partial charge in [-0.1, -0.05) is 15.9 Å². The number of morpholine rings is 1. The SMILES string of the molecule is Fc1cc(CNc2cc(Br)ccn2)cnc1N1CCOCC1. The van der Waals surface area contributed by atoms with Crippen LogP contribution in [-0.2, 0) is 11.3 Å². The Morgan fingerprint density at radius 3 is 2.82 bits per heavy atom. The van der Waals surface area contributed by atoms with Crippen molar-refractivity contribution in [2.24, 2.45) is 0 Å². The molecule has 116 valence electrons. The maximum Gasteiger partial charge on any atom is 0.166 e. The van der Waals surface area contributed by atoms with Crippen molar-refractivity contribution in [1.29, 1.82) is 0 Å². The van der Waals surface area contributed by atoms with E-state index in [2.05, 4.69) is 31.2 Å². The lowest BCUT2D eigenvalue weighted by atomic mass is 10.2. The van der Waals surface area contributed by atoms with Gasteiger partial charge in [0.05, 0.1) is 13.2 Å². The van der Waals surface area contributed by atoms with Crippen LogP contribution in [0.25, 0.3) is 0 Å². The Hall–Kier alpha value is -1.73. The molecule has 1 N–H and O–H groups in total. The first kappa shape index (κ1) is 15.2. The van der Waals surface area contributed by atoms with E-state index in [1.165, 1.54) is 6.07 Å². The molecule has 0 bridgehead atoms. The van der Waals surface area contributed by atoms with Crippen LogP contribution in [-0.4, -0.2) is 36.3 Å². The Labute approximate surface area is 136 Å². The van der Waals surface area contributed by atoms with Crippen LogP contribution in [0.15, 0.2) is 35.1 Å². The van der Waals surface area contributed by atoms with E-state index in [9.17, 15) is 4.39 Å². The number of nitrogens with zero attached hydrogens (tertiary/aromatic N) is 3. The van der Waals surface area contributed by atoms with Crippen LogP contribution in [0.2, 0.25) is 0 Å².